The molecule has 3 aromatic carbocycles. The zero-order chi connectivity index (χ0) is 24.8. The van der Waals surface area contributed by atoms with E-state index in [1.807, 2.05) is 74.5 Å². The van der Waals surface area contributed by atoms with Gasteiger partial charge >= 0.3 is 6.03 Å². The van der Waals surface area contributed by atoms with E-state index < -0.39 is 0 Å². The van der Waals surface area contributed by atoms with E-state index in [0.717, 1.165) is 48.4 Å². The average molecular weight is 471 g/mol. The van der Waals surface area contributed by atoms with Crippen LogP contribution in [0.2, 0.25) is 0 Å². The lowest BCUT2D eigenvalue weighted by Gasteiger charge is -2.33. The van der Waals surface area contributed by atoms with E-state index in [9.17, 15) is 9.59 Å². The number of nitrogens with one attached hydrogen (secondary N) is 3. The Labute approximate surface area is 207 Å². The lowest BCUT2D eigenvalue weighted by molar-refractivity contribution is 0.0951. The van der Waals surface area contributed by atoms with Gasteiger partial charge in [0.05, 0.1) is 5.56 Å². The van der Waals surface area contributed by atoms with E-state index in [2.05, 4.69) is 27.8 Å². The molecule has 0 aromatic heterocycles. The van der Waals surface area contributed by atoms with Crippen LogP contribution in [-0.4, -0.2) is 25.0 Å². The zero-order valence-electron chi connectivity index (χ0n) is 20.7. The van der Waals surface area contributed by atoms with Crippen LogP contribution in [0, 0.1) is 19.8 Å². The van der Waals surface area contributed by atoms with Crippen molar-refractivity contribution in [3.63, 3.8) is 0 Å². The minimum Gasteiger partial charge on any atom is -0.371 e. The van der Waals surface area contributed by atoms with Crippen LogP contribution in [0.3, 0.4) is 0 Å². The maximum Gasteiger partial charge on any atom is 0.323 e. The number of hydrogen-bond donors (Lipinski definition) is 3. The highest BCUT2D eigenvalue weighted by molar-refractivity contribution is 6.04. The Kier molecular flexibility index (Phi) is 7.70. The van der Waals surface area contributed by atoms with Gasteiger partial charge in [0.1, 0.15) is 0 Å². The molecule has 0 saturated carbocycles. The molecule has 0 bridgehead atoms. The molecule has 0 aliphatic carbocycles. The largest absolute Gasteiger partial charge is 0.371 e. The molecule has 1 heterocycles. The Balaban J connectivity index is 1.52. The van der Waals surface area contributed by atoms with E-state index in [0.29, 0.717) is 23.7 Å². The van der Waals surface area contributed by atoms with Crippen molar-refractivity contribution in [1.82, 2.24) is 5.32 Å². The second-order valence-corrected chi connectivity index (χ2v) is 9.45. The number of anilines is 3. The second kappa shape index (κ2) is 11.1. The summed E-state index contributed by atoms with van der Waals surface area (Å²) in [5.74, 6) is 0.539. The van der Waals surface area contributed by atoms with Crippen molar-refractivity contribution in [2.24, 2.45) is 5.92 Å². The fourth-order valence-corrected chi connectivity index (χ4v) is 4.31. The molecule has 182 valence electrons. The molecule has 6 nitrogen and oxygen atoms in total. The van der Waals surface area contributed by atoms with Gasteiger partial charge in [0.2, 0.25) is 0 Å². The maximum absolute atomic E-state index is 13.3. The topological polar surface area (TPSA) is 73.5 Å². The summed E-state index contributed by atoms with van der Waals surface area (Å²) >= 11 is 0. The number of aryl methyl sites for hydroxylation is 2. The van der Waals surface area contributed by atoms with Crippen molar-refractivity contribution >= 4 is 29.0 Å². The molecule has 0 atom stereocenters. The summed E-state index contributed by atoms with van der Waals surface area (Å²) in [6, 6.07) is 20.9. The van der Waals surface area contributed by atoms with Gasteiger partial charge in [-0.15, -0.1) is 0 Å². The summed E-state index contributed by atoms with van der Waals surface area (Å²) in [6.45, 7) is 8.60. The van der Waals surface area contributed by atoms with Crippen molar-refractivity contribution in [2.45, 2.75) is 40.2 Å². The molecule has 1 saturated heterocycles. The number of amides is 3. The highest BCUT2D eigenvalue weighted by Crippen LogP contribution is 2.29. The van der Waals surface area contributed by atoms with Gasteiger partial charge in [-0.25, -0.2) is 4.79 Å². The third-order valence-electron chi connectivity index (χ3n) is 6.68. The summed E-state index contributed by atoms with van der Waals surface area (Å²) in [5, 5.41) is 8.80. The highest BCUT2D eigenvalue weighted by Gasteiger charge is 2.22. The first kappa shape index (κ1) is 24.3. The van der Waals surface area contributed by atoms with Gasteiger partial charge < -0.3 is 20.9 Å². The number of carbonyl (C=O) groups is 2. The summed E-state index contributed by atoms with van der Waals surface area (Å²) < 4.78 is 0. The zero-order valence-corrected chi connectivity index (χ0v) is 20.7. The predicted molar refractivity (Wildman–Crippen MR) is 143 cm³/mol. The van der Waals surface area contributed by atoms with E-state index in [4.69, 9.17) is 0 Å². The molecule has 35 heavy (non-hydrogen) atoms. The smallest absolute Gasteiger partial charge is 0.323 e. The normalized spacial score (nSPS) is 13.9. The Morgan fingerprint density at radius 1 is 0.857 bits per heavy atom. The molecule has 1 aliphatic heterocycles. The van der Waals surface area contributed by atoms with Crippen molar-refractivity contribution in [2.75, 3.05) is 28.6 Å². The number of hydrogen-bond acceptors (Lipinski definition) is 3. The first-order valence-electron chi connectivity index (χ1n) is 12.3. The number of benzene rings is 3. The molecular formula is C29H34N4O2. The van der Waals surface area contributed by atoms with Crippen LogP contribution in [0.1, 0.15) is 46.8 Å². The first-order valence-corrected chi connectivity index (χ1v) is 12.3. The van der Waals surface area contributed by atoms with Crippen molar-refractivity contribution in [3.05, 3.63) is 89.0 Å². The maximum atomic E-state index is 13.3. The third kappa shape index (κ3) is 6.41. The molecular weight excluding hydrogens is 436 g/mol. The van der Waals surface area contributed by atoms with Crippen LogP contribution in [-0.2, 0) is 6.54 Å². The number of nitrogens with zero attached hydrogens (tertiary/aromatic N) is 1. The van der Waals surface area contributed by atoms with E-state index in [-0.39, 0.29) is 11.9 Å². The number of piperidine rings is 1. The Morgan fingerprint density at radius 2 is 1.51 bits per heavy atom. The highest BCUT2D eigenvalue weighted by atomic mass is 16.2. The van der Waals surface area contributed by atoms with Crippen molar-refractivity contribution in [1.29, 1.82) is 0 Å². The molecule has 3 amide bonds. The van der Waals surface area contributed by atoms with E-state index in [1.165, 1.54) is 5.56 Å². The van der Waals surface area contributed by atoms with Crippen LogP contribution in [0.5, 0.6) is 0 Å². The fourth-order valence-electron chi connectivity index (χ4n) is 4.31. The number of rotatable bonds is 6. The van der Waals surface area contributed by atoms with E-state index in [1.54, 1.807) is 6.07 Å². The van der Waals surface area contributed by atoms with Crippen LogP contribution in [0.25, 0.3) is 0 Å². The fraction of sp³-hybridized carbons (Fsp3) is 0.310. The summed E-state index contributed by atoms with van der Waals surface area (Å²) in [7, 11) is 0. The molecule has 0 spiro atoms. The SMILES string of the molecule is Cc1ccc(NC(=O)Nc2ccc(N3CCC(C)CC3)c(C(=O)NCc3ccccc3)c2)cc1C. The molecule has 4 rings (SSSR count). The molecule has 0 radical (unpaired) electrons. The van der Waals surface area contributed by atoms with Gasteiger partial charge in [-0.2, -0.15) is 0 Å². The molecule has 3 N–H and O–H groups in total. The Hall–Kier alpha value is -3.80. The van der Waals surface area contributed by atoms with Gasteiger partial charge in [-0.1, -0.05) is 43.3 Å². The lowest BCUT2D eigenvalue weighted by atomic mass is 9.97. The Bertz CT molecular complexity index is 1180. The standard InChI is InChI=1S/C29H34N4O2/c1-20-13-15-33(16-14-20)27-12-11-25(32-29(35)31-24-10-9-21(2)22(3)17-24)18-26(27)28(34)30-19-23-7-5-4-6-8-23/h4-12,17-18,20H,13-16,19H2,1-3H3,(H,30,34)(H2,31,32,35). The van der Waals surface area contributed by atoms with Crippen molar-refractivity contribution in [3.8, 4) is 0 Å². The minimum atomic E-state index is -0.344. The van der Waals surface area contributed by atoms with Crippen LogP contribution < -0.4 is 20.9 Å². The number of carbonyl (C=O) groups excluding carboxylic acids is 2. The molecule has 0 unspecified atom stereocenters. The predicted octanol–water partition coefficient (Wildman–Crippen LogP) is 6.11. The van der Waals surface area contributed by atoms with E-state index >= 15 is 0 Å². The monoisotopic (exact) mass is 470 g/mol. The van der Waals surface area contributed by atoms with Gasteiger partial charge in [0.25, 0.3) is 5.91 Å². The first-order chi connectivity index (χ1) is 16.9. The van der Waals surface area contributed by atoms with Crippen LogP contribution >= 0.6 is 0 Å². The summed E-state index contributed by atoms with van der Waals surface area (Å²) in [5.41, 5.74) is 6.10. The summed E-state index contributed by atoms with van der Waals surface area (Å²) in [6.07, 6.45) is 2.20. The van der Waals surface area contributed by atoms with Crippen LogP contribution in [0.4, 0.5) is 21.9 Å². The average Bonchev–Trinajstić information content (AvgIpc) is 2.86. The Morgan fingerprint density at radius 3 is 2.20 bits per heavy atom. The van der Waals surface area contributed by atoms with Gasteiger partial charge in [0.15, 0.2) is 0 Å². The molecule has 6 heteroatoms. The quantitative estimate of drug-likeness (QED) is 0.407. The molecule has 1 aliphatic rings. The summed E-state index contributed by atoms with van der Waals surface area (Å²) in [4.78, 5) is 28.2. The number of urea groups is 1. The van der Waals surface area contributed by atoms with Gasteiger partial charge in [0, 0.05) is 36.7 Å². The van der Waals surface area contributed by atoms with Gasteiger partial charge in [-0.3, -0.25) is 4.79 Å². The third-order valence-corrected chi connectivity index (χ3v) is 6.68. The molecule has 3 aromatic rings. The minimum absolute atomic E-state index is 0.152. The van der Waals surface area contributed by atoms with Crippen molar-refractivity contribution < 1.29 is 9.59 Å². The van der Waals surface area contributed by atoms with Gasteiger partial charge in [-0.05, 0) is 79.6 Å². The second-order valence-electron chi connectivity index (χ2n) is 9.45. The lowest BCUT2D eigenvalue weighted by Crippen LogP contribution is -2.35. The molecule has 1 fully saturated rings. The van der Waals surface area contributed by atoms with Crippen LogP contribution in [0.15, 0.2) is 66.7 Å².